The summed E-state index contributed by atoms with van der Waals surface area (Å²) in [6.45, 7) is 0.500. The van der Waals surface area contributed by atoms with Crippen LogP contribution >= 0.6 is 0 Å². The molecule has 2 aliphatic rings. The molecule has 1 heterocycles. The lowest BCUT2D eigenvalue weighted by Gasteiger charge is -2.17. The molecule has 0 saturated carbocycles. The second-order valence-corrected chi connectivity index (χ2v) is 9.64. The highest BCUT2D eigenvalue weighted by Crippen LogP contribution is 2.30. The molecule has 1 fully saturated rings. The van der Waals surface area contributed by atoms with E-state index < -0.39 is 10.0 Å². The van der Waals surface area contributed by atoms with Crippen LogP contribution in [0.15, 0.2) is 36.4 Å². The Morgan fingerprint density at radius 3 is 2.31 bits per heavy atom. The maximum atomic E-state index is 12.9. The number of carbonyl (C=O) groups is 1. The van der Waals surface area contributed by atoms with Crippen LogP contribution in [-0.4, -0.2) is 33.7 Å². The SMILES string of the molecule is COc1cc2c(cc1C(=O)Nc1ccc(N3CCCS3(=O)=O)cc1)CCCCC2. The van der Waals surface area contributed by atoms with Crippen molar-refractivity contribution in [2.75, 3.05) is 29.0 Å². The molecule has 1 aliphatic heterocycles. The van der Waals surface area contributed by atoms with Crippen molar-refractivity contribution < 1.29 is 17.9 Å². The van der Waals surface area contributed by atoms with E-state index in [-0.39, 0.29) is 11.7 Å². The molecule has 29 heavy (non-hydrogen) atoms. The van der Waals surface area contributed by atoms with E-state index in [0.717, 1.165) is 19.3 Å². The summed E-state index contributed by atoms with van der Waals surface area (Å²) < 4.78 is 31.0. The summed E-state index contributed by atoms with van der Waals surface area (Å²) in [6, 6.07) is 10.9. The van der Waals surface area contributed by atoms with Gasteiger partial charge in [0, 0.05) is 12.2 Å². The van der Waals surface area contributed by atoms with E-state index >= 15 is 0 Å². The molecule has 1 saturated heterocycles. The minimum absolute atomic E-state index is 0.184. The molecule has 1 amide bonds. The number of sulfonamides is 1. The first kappa shape index (κ1) is 19.8. The van der Waals surface area contributed by atoms with Gasteiger partial charge in [0.05, 0.1) is 24.1 Å². The Bertz CT molecular complexity index is 1020. The molecule has 0 aromatic heterocycles. The van der Waals surface area contributed by atoms with Crippen molar-refractivity contribution in [1.29, 1.82) is 0 Å². The summed E-state index contributed by atoms with van der Waals surface area (Å²) >= 11 is 0. The van der Waals surface area contributed by atoms with Crippen LogP contribution in [0.3, 0.4) is 0 Å². The molecule has 0 unspecified atom stereocenters. The number of nitrogens with one attached hydrogen (secondary N) is 1. The highest BCUT2D eigenvalue weighted by Gasteiger charge is 2.28. The smallest absolute Gasteiger partial charge is 0.259 e. The highest BCUT2D eigenvalue weighted by atomic mass is 32.2. The summed E-state index contributed by atoms with van der Waals surface area (Å²) in [6.07, 6.45) is 6.16. The van der Waals surface area contributed by atoms with Crippen molar-refractivity contribution in [2.45, 2.75) is 38.5 Å². The van der Waals surface area contributed by atoms with Crippen LogP contribution in [0.5, 0.6) is 5.75 Å². The number of ether oxygens (including phenoxy) is 1. The first-order valence-corrected chi connectivity index (χ1v) is 11.7. The summed E-state index contributed by atoms with van der Waals surface area (Å²) in [5.74, 6) is 0.544. The normalized spacial score (nSPS) is 18.0. The highest BCUT2D eigenvalue weighted by molar-refractivity contribution is 7.93. The van der Waals surface area contributed by atoms with Crippen LogP contribution < -0.4 is 14.4 Å². The van der Waals surface area contributed by atoms with Gasteiger partial charge >= 0.3 is 0 Å². The van der Waals surface area contributed by atoms with Gasteiger partial charge in [0.1, 0.15) is 5.75 Å². The first-order chi connectivity index (χ1) is 14.0. The van der Waals surface area contributed by atoms with Crippen LogP contribution in [0.25, 0.3) is 0 Å². The molecular formula is C22H26N2O4S. The van der Waals surface area contributed by atoms with Crippen molar-refractivity contribution in [3.05, 3.63) is 53.1 Å². The summed E-state index contributed by atoms with van der Waals surface area (Å²) in [7, 11) is -1.63. The van der Waals surface area contributed by atoms with Crippen molar-refractivity contribution in [3.63, 3.8) is 0 Å². The third kappa shape index (κ3) is 4.10. The summed E-state index contributed by atoms with van der Waals surface area (Å²) in [5, 5.41) is 2.91. The summed E-state index contributed by atoms with van der Waals surface area (Å²) in [4.78, 5) is 12.9. The Labute approximate surface area is 171 Å². The standard InChI is InChI=1S/C22H26N2O4S/c1-28-21-15-17-7-4-2-3-6-16(17)14-20(21)22(25)23-18-8-10-19(11-9-18)24-12-5-13-29(24,26)27/h8-11,14-15H,2-7,12-13H2,1H3,(H,23,25). The molecular weight excluding hydrogens is 388 g/mol. The van der Waals surface area contributed by atoms with Gasteiger partial charge in [-0.1, -0.05) is 6.42 Å². The number of fused-ring (bicyclic) bond motifs is 1. The van der Waals surface area contributed by atoms with Gasteiger partial charge in [-0.15, -0.1) is 0 Å². The van der Waals surface area contributed by atoms with Gasteiger partial charge in [-0.25, -0.2) is 8.42 Å². The lowest BCUT2D eigenvalue weighted by Crippen LogP contribution is -2.25. The monoisotopic (exact) mass is 414 g/mol. The van der Waals surface area contributed by atoms with E-state index in [1.807, 2.05) is 12.1 Å². The van der Waals surface area contributed by atoms with E-state index in [1.165, 1.54) is 28.3 Å². The number of amides is 1. The second-order valence-electron chi connectivity index (χ2n) is 7.62. The fourth-order valence-electron chi connectivity index (χ4n) is 4.13. The molecule has 1 N–H and O–H groups in total. The lowest BCUT2D eigenvalue weighted by molar-refractivity contribution is 0.102. The maximum absolute atomic E-state index is 12.9. The minimum Gasteiger partial charge on any atom is -0.496 e. The lowest BCUT2D eigenvalue weighted by atomic mass is 9.98. The third-order valence-corrected chi connectivity index (χ3v) is 7.54. The Kier molecular flexibility index (Phi) is 5.50. The number of rotatable bonds is 4. The molecule has 2 aromatic rings. The van der Waals surface area contributed by atoms with Gasteiger partial charge in [0.2, 0.25) is 10.0 Å². The Morgan fingerprint density at radius 2 is 1.69 bits per heavy atom. The molecule has 2 aromatic carbocycles. The van der Waals surface area contributed by atoms with Gasteiger partial charge in [-0.05, 0) is 79.6 Å². The van der Waals surface area contributed by atoms with Crippen molar-refractivity contribution in [3.8, 4) is 5.75 Å². The molecule has 0 radical (unpaired) electrons. The van der Waals surface area contributed by atoms with Crippen molar-refractivity contribution >= 4 is 27.3 Å². The number of hydrogen-bond acceptors (Lipinski definition) is 4. The zero-order valence-corrected chi connectivity index (χ0v) is 17.4. The van der Waals surface area contributed by atoms with Gasteiger partial charge in [0.15, 0.2) is 0 Å². The number of hydrogen-bond donors (Lipinski definition) is 1. The van der Waals surface area contributed by atoms with Gasteiger partial charge < -0.3 is 10.1 Å². The number of nitrogens with zero attached hydrogens (tertiary/aromatic N) is 1. The van der Waals surface area contributed by atoms with Gasteiger partial charge in [-0.2, -0.15) is 0 Å². The zero-order valence-electron chi connectivity index (χ0n) is 16.6. The van der Waals surface area contributed by atoms with Crippen LogP contribution in [0.1, 0.15) is 47.2 Å². The molecule has 4 rings (SSSR count). The molecule has 7 heteroatoms. The van der Waals surface area contributed by atoms with Crippen LogP contribution in [0.4, 0.5) is 11.4 Å². The third-order valence-electron chi connectivity index (χ3n) is 5.67. The van der Waals surface area contributed by atoms with Crippen LogP contribution in [-0.2, 0) is 22.9 Å². The van der Waals surface area contributed by atoms with Crippen LogP contribution in [0.2, 0.25) is 0 Å². The van der Waals surface area contributed by atoms with Gasteiger partial charge in [0.25, 0.3) is 5.91 Å². The number of anilines is 2. The van der Waals surface area contributed by atoms with Crippen LogP contribution in [0, 0.1) is 0 Å². The molecule has 0 atom stereocenters. The quantitative estimate of drug-likeness (QED) is 0.773. The van der Waals surface area contributed by atoms with Crippen molar-refractivity contribution in [2.24, 2.45) is 0 Å². The fourth-order valence-corrected chi connectivity index (χ4v) is 5.69. The topological polar surface area (TPSA) is 75.7 Å². The molecule has 0 bridgehead atoms. The molecule has 1 aliphatic carbocycles. The predicted octanol–water partition coefficient (Wildman–Crippen LogP) is 3.76. The van der Waals surface area contributed by atoms with E-state index in [9.17, 15) is 13.2 Å². The van der Waals surface area contributed by atoms with Gasteiger partial charge in [-0.3, -0.25) is 9.10 Å². The minimum atomic E-state index is -3.21. The average molecular weight is 415 g/mol. The maximum Gasteiger partial charge on any atom is 0.259 e. The molecule has 154 valence electrons. The fraction of sp³-hybridized carbons (Fsp3) is 0.409. The van der Waals surface area contributed by atoms with Crippen molar-refractivity contribution in [1.82, 2.24) is 0 Å². The number of aryl methyl sites for hydroxylation is 2. The number of carbonyl (C=O) groups excluding carboxylic acids is 1. The van der Waals surface area contributed by atoms with E-state index in [1.54, 1.807) is 31.4 Å². The van der Waals surface area contributed by atoms with E-state index in [4.69, 9.17) is 4.74 Å². The summed E-state index contributed by atoms with van der Waals surface area (Å²) in [5.41, 5.74) is 4.27. The molecule has 0 spiro atoms. The second kappa shape index (κ2) is 8.06. The Hall–Kier alpha value is -2.54. The largest absolute Gasteiger partial charge is 0.496 e. The van der Waals surface area contributed by atoms with E-state index in [2.05, 4.69) is 5.32 Å². The first-order valence-electron chi connectivity index (χ1n) is 10.1. The number of benzene rings is 2. The Morgan fingerprint density at radius 1 is 1.00 bits per heavy atom. The Balaban J connectivity index is 1.54. The van der Waals surface area contributed by atoms with E-state index in [0.29, 0.717) is 35.7 Å². The molecule has 6 nitrogen and oxygen atoms in total. The number of methoxy groups -OCH3 is 1. The predicted molar refractivity (Wildman–Crippen MR) is 114 cm³/mol. The zero-order chi connectivity index (χ0) is 20.4. The average Bonchev–Trinajstić information content (AvgIpc) is 2.92.